The largest absolute Gasteiger partial charge is 0.389 e. The minimum absolute atomic E-state index is 0.302. The molecule has 0 aromatic carbocycles. The summed E-state index contributed by atoms with van der Waals surface area (Å²) >= 11 is 0. The summed E-state index contributed by atoms with van der Waals surface area (Å²) in [7, 11) is 2.07. The second-order valence-corrected chi connectivity index (χ2v) is 6.01. The van der Waals surface area contributed by atoms with Crippen molar-refractivity contribution < 1.29 is 9.90 Å². The van der Waals surface area contributed by atoms with E-state index in [2.05, 4.69) is 11.9 Å². The highest BCUT2D eigenvalue weighted by Crippen LogP contribution is 2.30. The van der Waals surface area contributed by atoms with Crippen LogP contribution in [-0.4, -0.2) is 41.5 Å². The molecule has 2 aliphatic carbocycles. The van der Waals surface area contributed by atoms with E-state index in [1.54, 1.807) is 0 Å². The van der Waals surface area contributed by atoms with E-state index < -0.39 is 5.60 Å². The molecule has 98 valence electrons. The lowest BCUT2D eigenvalue weighted by Crippen LogP contribution is -2.40. The Kier molecular flexibility index (Phi) is 4.21. The lowest BCUT2D eigenvalue weighted by atomic mass is 10.00. The van der Waals surface area contributed by atoms with Gasteiger partial charge in [-0.1, -0.05) is 12.8 Å². The number of carbonyl (C=O) groups is 1. The predicted octanol–water partition coefficient (Wildman–Crippen LogP) is 1.98. The molecule has 0 spiro atoms. The van der Waals surface area contributed by atoms with Gasteiger partial charge in [0.15, 0.2) is 0 Å². The third kappa shape index (κ3) is 3.52. The van der Waals surface area contributed by atoms with Gasteiger partial charge in [0.25, 0.3) is 0 Å². The second-order valence-electron chi connectivity index (χ2n) is 6.01. The van der Waals surface area contributed by atoms with E-state index in [1.807, 2.05) is 0 Å². The summed E-state index contributed by atoms with van der Waals surface area (Å²) in [4.78, 5) is 13.7. The number of carbonyl (C=O) groups excluding carboxylic acids is 1. The zero-order valence-corrected chi connectivity index (χ0v) is 11.0. The summed E-state index contributed by atoms with van der Waals surface area (Å²) in [5, 5.41) is 10.3. The molecule has 0 saturated heterocycles. The molecule has 1 unspecified atom stereocenters. The van der Waals surface area contributed by atoms with Crippen LogP contribution in [0.3, 0.4) is 0 Å². The maximum atomic E-state index is 11.5. The van der Waals surface area contributed by atoms with E-state index in [-0.39, 0.29) is 0 Å². The molecule has 0 heterocycles. The van der Waals surface area contributed by atoms with Gasteiger partial charge in [0.05, 0.1) is 5.60 Å². The molecule has 0 aromatic rings. The summed E-state index contributed by atoms with van der Waals surface area (Å²) in [6.45, 7) is 1.71. The predicted molar refractivity (Wildman–Crippen MR) is 67.9 cm³/mol. The Morgan fingerprint density at radius 3 is 2.65 bits per heavy atom. The normalized spacial score (nSPS) is 28.2. The standard InChI is InChI=1S/C14H25NO2/c1-15(11-14(17)8-2-3-9-14)10-7-12-5-4-6-13(12)16/h12,17H,2-11H2,1H3. The highest BCUT2D eigenvalue weighted by Gasteiger charge is 2.32. The molecule has 0 aliphatic heterocycles. The molecule has 2 rings (SSSR count). The minimum atomic E-state index is -0.450. The van der Waals surface area contributed by atoms with Crippen molar-refractivity contribution in [2.75, 3.05) is 20.1 Å². The first-order valence-electron chi connectivity index (χ1n) is 7.03. The molecule has 2 saturated carbocycles. The van der Waals surface area contributed by atoms with Crippen molar-refractivity contribution in [3.05, 3.63) is 0 Å². The summed E-state index contributed by atoms with van der Waals surface area (Å²) in [6, 6.07) is 0. The van der Waals surface area contributed by atoms with Crippen LogP contribution in [-0.2, 0) is 4.79 Å². The smallest absolute Gasteiger partial charge is 0.136 e. The van der Waals surface area contributed by atoms with Gasteiger partial charge in [-0.3, -0.25) is 4.79 Å². The topological polar surface area (TPSA) is 40.5 Å². The van der Waals surface area contributed by atoms with Crippen LogP contribution in [0.1, 0.15) is 51.4 Å². The fourth-order valence-corrected chi connectivity index (χ4v) is 3.34. The van der Waals surface area contributed by atoms with Gasteiger partial charge < -0.3 is 10.0 Å². The van der Waals surface area contributed by atoms with Crippen molar-refractivity contribution in [1.82, 2.24) is 4.90 Å². The summed E-state index contributed by atoms with van der Waals surface area (Å²) in [5.41, 5.74) is -0.450. The second kappa shape index (κ2) is 5.49. The Hall–Kier alpha value is -0.410. The first kappa shape index (κ1) is 13.0. The average molecular weight is 239 g/mol. The van der Waals surface area contributed by atoms with Gasteiger partial charge in [0.1, 0.15) is 5.78 Å². The van der Waals surface area contributed by atoms with Crippen molar-refractivity contribution in [2.24, 2.45) is 5.92 Å². The van der Waals surface area contributed by atoms with Gasteiger partial charge >= 0.3 is 0 Å². The first-order valence-corrected chi connectivity index (χ1v) is 7.03. The lowest BCUT2D eigenvalue weighted by Gasteiger charge is -2.29. The number of rotatable bonds is 5. The fourth-order valence-electron chi connectivity index (χ4n) is 3.34. The van der Waals surface area contributed by atoms with Crippen LogP contribution < -0.4 is 0 Å². The fraction of sp³-hybridized carbons (Fsp3) is 0.929. The van der Waals surface area contributed by atoms with E-state index in [4.69, 9.17) is 0 Å². The van der Waals surface area contributed by atoms with Crippen LogP contribution in [0.15, 0.2) is 0 Å². The Morgan fingerprint density at radius 2 is 2.06 bits per heavy atom. The Morgan fingerprint density at radius 1 is 1.35 bits per heavy atom. The van der Waals surface area contributed by atoms with Crippen molar-refractivity contribution in [3.8, 4) is 0 Å². The summed E-state index contributed by atoms with van der Waals surface area (Å²) in [6.07, 6.45) is 8.13. The highest BCUT2D eigenvalue weighted by atomic mass is 16.3. The number of ketones is 1. The molecule has 1 atom stereocenters. The van der Waals surface area contributed by atoms with Gasteiger partial charge in [0.2, 0.25) is 0 Å². The van der Waals surface area contributed by atoms with Crippen LogP contribution in [0.4, 0.5) is 0 Å². The van der Waals surface area contributed by atoms with E-state index in [9.17, 15) is 9.90 Å². The van der Waals surface area contributed by atoms with Crippen molar-refractivity contribution >= 4 is 5.78 Å². The molecule has 0 radical (unpaired) electrons. The van der Waals surface area contributed by atoms with Gasteiger partial charge in [-0.2, -0.15) is 0 Å². The monoisotopic (exact) mass is 239 g/mol. The quantitative estimate of drug-likeness (QED) is 0.797. The van der Waals surface area contributed by atoms with Crippen molar-refractivity contribution in [2.45, 2.75) is 57.0 Å². The number of hydrogen-bond acceptors (Lipinski definition) is 3. The van der Waals surface area contributed by atoms with Gasteiger partial charge in [0, 0.05) is 18.9 Å². The summed E-state index contributed by atoms with van der Waals surface area (Å²) in [5.74, 6) is 0.758. The van der Waals surface area contributed by atoms with Crippen LogP contribution in [0.25, 0.3) is 0 Å². The zero-order valence-electron chi connectivity index (χ0n) is 11.0. The number of likely N-dealkylation sites (N-methyl/N-ethyl adjacent to an activating group) is 1. The number of aliphatic hydroxyl groups is 1. The molecular formula is C14H25NO2. The van der Waals surface area contributed by atoms with E-state index in [0.717, 1.165) is 64.5 Å². The lowest BCUT2D eigenvalue weighted by molar-refractivity contribution is -0.120. The molecule has 0 amide bonds. The van der Waals surface area contributed by atoms with E-state index in [0.29, 0.717) is 11.7 Å². The maximum absolute atomic E-state index is 11.5. The molecular weight excluding hydrogens is 214 g/mol. The van der Waals surface area contributed by atoms with Crippen molar-refractivity contribution in [1.29, 1.82) is 0 Å². The number of nitrogens with zero attached hydrogens (tertiary/aromatic N) is 1. The maximum Gasteiger partial charge on any atom is 0.136 e. The van der Waals surface area contributed by atoms with E-state index in [1.165, 1.54) is 0 Å². The van der Waals surface area contributed by atoms with E-state index >= 15 is 0 Å². The highest BCUT2D eigenvalue weighted by molar-refractivity contribution is 5.82. The van der Waals surface area contributed by atoms with Crippen LogP contribution >= 0.6 is 0 Å². The molecule has 0 aromatic heterocycles. The third-order valence-corrected chi connectivity index (χ3v) is 4.39. The zero-order chi connectivity index (χ0) is 12.3. The number of Topliss-reactive ketones (excluding diaryl/α,β-unsaturated/α-hetero) is 1. The SMILES string of the molecule is CN(CCC1CCCC1=O)CC1(O)CCCC1. The summed E-state index contributed by atoms with van der Waals surface area (Å²) < 4.78 is 0. The third-order valence-electron chi connectivity index (χ3n) is 4.39. The Bertz CT molecular complexity index is 271. The van der Waals surface area contributed by atoms with Crippen LogP contribution in [0.2, 0.25) is 0 Å². The number of hydrogen-bond donors (Lipinski definition) is 1. The molecule has 3 heteroatoms. The minimum Gasteiger partial charge on any atom is -0.389 e. The Balaban J connectivity index is 1.70. The average Bonchev–Trinajstić information content (AvgIpc) is 2.85. The van der Waals surface area contributed by atoms with Gasteiger partial charge in [-0.25, -0.2) is 0 Å². The van der Waals surface area contributed by atoms with Gasteiger partial charge in [-0.05, 0) is 45.7 Å². The van der Waals surface area contributed by atoms with Gasteiger partial charge in [-0.15, -0.1) is 0 Å². The molecule has 2 aliphatic rings. The molecule has 1 N–H and O–H groups in total. The first-order chi connectivity index (χ1) is 8.09. The molecule has 0 bridgehead atoms. The molecule has 3 nitrogen and oxygen atoms in total. The van der Waals surface area contributed by atoms with Crippen LogP contribution in [0.5, 0.6) is 0 Å². The van der Waals surface area contributed by atoms with Crippen LogP contribution in [0, 0.1) is 5.92 Å². The molecule has 2 fully saturated rings. The van der Waals surface area contributed by atoms with Crippen molar-refractivity contribution in [3.63, 3.8) is 0 Å². The Labute approximate surface area is 104 Å². The molecule has 17 heavy (non-hydrogen) atoms.